The van der Waals surface area contributed by atoms with E-state index in [4.69, 9.17) is 21.1 Å². The van der Waals surface area contributed by atoms with Crippen molar-refractivity contribution < 1.29 is 32.2 Å². The van der Waals surface area contributed by atoms with Gasteiger partial charge >= 0.3 is 12.1 Å². The third-order valence-electron chi connectivity index (χ3n) is 6.66. The van der Waals surface area contributed by atoms with Crippen LogP contribution >= 0.6 is 11.6 Å². The lowest BCUT2D eigenvalue weighted by Gasteiger charge is -2.59. The van der Waals surface area contributed by atoms with Crippen LogP contribution in [-0.2, 0) is 16.1 Å². The zero-order valence-corrected chi connectivity index (χ0v) is 20.2. The number of carbonyl (C=O) groups is 2. The van der Waals surface area contributed by atoms with E-state index in [0.29, 0.717) is 48.8 Å². The molecule has 2 aliphatic heterocycles. The fourth-order valence-corrected chi connectivity index (χ4v) is 4.95. The van der Waals surface area contributed by atoms with Crippen LogP contribution in [0.2, 0.25) is 5.02 Å². The molecule has 36 heavy (non-hydrogen) atoms. The third kappa shape index (κ3) is 5.52. The number of halogens is 4. The van der Waals surface area contributed by atoms with Crippen LogP contribution in [0.4, 0.5) is 13.2 Å². The van der Waals surface area contributed by atoms with Crippen molar-refractivity contribution in [3.63, 3.8) is 0 Å². The van der Waals surface area contributed by atoms with Crippen LogP contribution < -0.4 is 4.74 Å². The molecule has 4 rings (SSSR count). The van der Waals surface area contributed by atoms with E-state index in [0.717, 1.165) is 5.56 Å². The van der Waals surface area contributed by atoms with Gasteiger partial charge in [-0.1, -0.05) is 42.5 Å². The second kappa shape index (κ2) is 10.5. The minimum absolute atomic E-state index is 0.171. The Morgan fingerprint density at radius 2 is 1.78 bits per heavy atom. The summed E-state index contributed by atoms with van der Waals surface area (Å²) < 4.78 is 49.9. The van der Waals surface area contributed by atoms with Crippen LogP contribution in [0.3, 0.4) is 0 Å². The number of esters is 1. The molecule has 0 saturated carbocycles. The summed E-state index contributed by atoms with van der Waals surface area (Å²) in [5, 5.41) is 0.518. The first-order valence-electron chi connectivity index (χ1n) is 11.5. The Morgan fingerprint density at radius 1 is 1.11 bits per heavy atom. The maximum Gasteiger partial charge on any atom is 0.490 e. The van der Waals surface area contributed by atoms with Crippen molar-refractivity contribution in [1.82, 2.24) is 9.80 Å². The number of para-hydroxylation sites is 1. The Bertz CT molecular complexity index is 1110. The normalized spacial score (nSPS) is 19.4. The first-order valence-corrected chi connectivity index (χ1v) is 11.9. The van der Waals surface area contributed by atoms with Gasteiger partial charge in [-0.2, -0.15) is 13.2 Å². The van der Waals surface area contributed by atoms with Crippen molar-refractivity contribution in [3.05, 3.63) is 77.3 Å². The molecule has 0 aromatic heterocycles. The quantitative estimate of drug-likeness (QED) is 0.375. The van der Waals surface area contributed by atoms with Crippen LogP contribution in [0.25, 0.3) is 0 Å². The van der Waals surface area contributed by atoms with Crippen LogP contribution in [0, 0.1) is 5.41 Å². The highest BCUT2D eigenvalue weighted by molar-refractivity contribution is 6.30. The summed E-state index contributed by atoms with van der Waals surface area (Å²) in [5.41, 5.74) is 0.577. The largest absolute Gasteiger partial charge is 0.490 e. The number of benzene rings is 2. The summed E-state index contributed by atoms with van der Waals surface area (Å²) in [6, 6.07) is 13.7. The minimum atomic E-state index is -5.10. The van der Waals surface area contributed by atoms with E-state index in [1.165, 1.54) is 0 Å². The predicted molar refractivity (Wildman–Crippen MR) is 128 cm³/mol. The molecule has 2 fully saturated rings. The molecule has 1 amide bonds. The molecule has 2 aliphatic rings. The van der Waals surface area contributed by atoms with Gasteiger partial charge in [0.15, 0.2) is 6.23 Å². The number of alkyl halides is 3. The molecule has 6 nitrogen and oxygen atoms in total. The number of hydrogen-bond acceptors (Lipinski definition) is 5. The molecule has 2 aromatic carbocycles. The Morgan fingerprint density at radius 3 is 2.42 bits per heavy atom. The number of piperidine rings is 1. The molecule has 0 N–H and O–H groups in total. The fourth-order valence-electron chi connectivity index (χ4n) is 4.82. The third-order valence-corrected chi connectivity index (χ3v) is 6.92. The zero-order chi connectivity index (χ0) is 25.9. The van der Waals surface area contributed by atoms with Gasteiger partial charge in [0.2, 0.25) is 0 Å². The van der Waals surface area contributed by atoms with Crippen LogP contribution in [0.5, 0.6) is 5.75 Å². The minimum Gasteiger partial charge on any atom is -0.489 e. The number of rotatable bonds is 7. The molecule has 10 heteroatoms. The number of amides is 1. The summed E-state index contributed by atoms with van der Waals surface area (Å²) in [5.74, 6) is -1.80. The molecule has 1 spiro atoms. The highest BCUT2D eigenvalue weighted by Gasteiger charge is 2.58. The van der Waals surface area contributed by atoms with Gasteiger partial charge in [-0.05, 0) is 43.2 Å². The van der Waals surface area contributed by atoms with Crippen LogP contribution in [0.15, 0.2) is 61.2 Å². The second-order valence-corrected chi connectivity index (χ2v) is 9.47. The summed E-state index contributed by atoms with van der Waals surface area (Å²) in [6.07, 6.45) is -3.74. The lowest BCUT2D eigenvalue weighted by Crippen LogP contribution is -2.68. The van der Waals surface area contributed by atoms with E-state index < -0.39 is 23.8 Å². The van der Waals surface area contributed by atoms with Gasteiger partial charge in [-0.3, -0.25) is 9.69 Å². The highest BCUT2D eigenvalue weighted by Crippen LogP contribution is 2.48. The Balaban J connectivity index is 1.48. The molecule has 1 unspecified atom stereocenters. The van der Waals surface area contributed by atoms with Crippen molar-refractivity contribution >= 4 is 23.5 Å². The Kier molecular flexibility index (Phi) is 7.61. The topological polar surface area (TPSA) is 59.1 Å². The van der Waals surface area contributed by atoms with Gasteiger partial charge in [-0.15, -0.1) is 0 Å². The van der Waals surface area contributed by atoms with E-state index >= 15 is 0 Å². The standard InChI is InChI=1S/C26H26ClF3N2O4/c1-2-15-35-21-6-4-3-5-19(21)16-32-17-25(23(32)36-24(34)26(28,29)30)11-13-31(14-12-25)22(33)18-7-9-20(27)10-8-18/h2-10,23H,1,11-17H2. The molecule has 0 bridgehead atoms. The van der Waals surface area contributed by atoms with E-state index in [1.54, 1.807) is 52.3 Å². The monoisotopic (exact) mass is 522 g/mol. The van der Waals surface area contributed by atoms with Crippen LogP contribution in [-0.4, -0.2) is 60.3 Å². The van der Waals surface area contributed by atoms with E-state index in [-0.39, 0.29) is 19.1 Å². The predicted octanol–water partition coefficient (Wildman–Crippen LogP) is 5.07. The van der Waals surface area contributed by atoms with E-state index in [9.17, 15) is 22.8 Å². The van der Waals surface area contributed by atoms with Crippen LogP contribution in [0.1, 0.15) is 28.8 Å². The highest BCUT2D eigenvalue weighted by atomic mass is 35.5. The summed E-state index contributed by atoms with van der Waals surface area (Å²) in [7, 11) is 0. The van der Waals surface area contributed by atoms with E-state index in [2.05, 4.69) is 6.58 Å². The molecular weight excluding hydrogens is 497 g/mol. The average molecular weight is 523 g/mol. The smallest absolute Gasteiger partial charge is 0.489 e. The maximum absolute atomic E-state index is 13.1. The number of carbonyl (C=O) groups excluding carboxylic acids is 2. The first kappa shape index (κ1) is 26.0. The maximum atomic E-state index is 13.1. The number of hydrogen-bond donors (Lipinski definition) is 0. The number of likely N-dealkylation sites (tertiary alicyclic amines) is 2. The Labute approximate surface area is 212 Å². The van der Waals surface area contributed by atoms with Gasteiger partial charge in [0.25, 0.3) is 5.91 Å². The van der Waals surface area contributed by atoms with E-state index in [1.807, 2.05) is 12.1 Å². The summed E-state index contributed by atoms with van der Waals surface area (Å²) >= 11 is 5.90. The summed E-state index contributed by atoms with van der Waals surface area (Å²) in [6.45, 7) is 5.27. The van der Waals surface area contributed by atoms with Crippen molar-refractivity contribution in [1.29, 1.82) is 0 Å². The molecular formula is C26H26ClF3N2O4. The van der Waals surface area contributed by atoms with Crippen molar-refractivity contribution in [2.75, 3.05) is 26.2 Å². The Hall–Kier alpha value is -3.04. The van der Waals surface area contributed by atoms with Gasteiger partial charge in [0, 0.05) is 47.7 Å². The SMILES string of the molecule is C=CCOc1ccccc1CN1CC2(CCN(C(=O)c3ccc(Cl)cc3)CC2)C1OC(=O)C(F)(F)F. The molecule has 0 radical (unpaired) electrons. The lowest BCUT2D eigenvalue weighted by molar-refractivity contribution is -0.261. The van der Waals surface area contributed by atoms with Crippen molar-refractivity contribution in [3.8, 4) is 5.75 Å². The number of ether oxygens (including phenoxy) is 2. The molecule has 1 atom stereocenters. The van der Waals surface area contributed by atoms with Gasteiger partial charge in [0.1, 0.15) is 12.4 Å². The molecule has 192 valence electrons. The molecule has 2 saturated heterocycles. The fraction of sp³-hybridized carbons (Fsp3) is 0.385. The first-order chi connectivity index (χ1) is 17.1. The lowest BCUT2D eigenvalue weighted by atomic mass is 9.69. The molecule has 2 aromatic rings. The zero-order valence-electron chi connectivity index (χ0n) is 19.5. The van der Waals surface area contributed by atoms with Gasteiger partial charge in [-0.25, -0.2) is 4.79 Å². The molecule has 2 heterocycles. The molecule has 0 aliphatic carbocycles. The van der Waals surface area contributed by atoms with Gasteiger partial charge in [0.05, 0.1) is 0 Å². The van der Waals surface area contributed by atoms with Crippen molar-refractivity contribution in [2.45, 2.75) is 31.8 Å². The number of nitrogens with zero attached hydrogens (tertiary/aromatic N) is 2. The summed E-state index contributed by atoms with van der Waals surface area (Å²) in [4.78, 5) is 28.0. The average Bonchev–Trinajstić information content (AvgIpc) is 2.86. The second-order valence-electron chi connectivity index (χ2n) is 9.03. The van der Waals surface area contributed by atoms with Gasteiger partial charge < -0.3 is 14.4 Å². The van der Waals surface area contributed by atoms with Crippen molar-refractivity contribution in [2.24, 2.45) is 5.41 Å².